The van der Waals surface area contributed by atoms with Crippen molar-refractivity contribution in [2.75, 3.05) is 0 Å². The zero-order valence-electron chi connectivity index (χ0n) is 8.57. The largest absolute Gasteiger partial charge is 0.339 e. The van der Waals surface area contributed by atoms with Gasteiger partial charge in [0.15, 0.2) is 5.82 Å². The second kappa shape index (κ2) is 4.09. The van der Waals surface area contributed by atoms with Crippen LogP contribution in [0.3, 0.4) is 0 Å². The molecule has 1 aliphatic rings. The molecule has 1 fully saturated rings. The molecule has 0 spiro atoms. The van der Waals surface area contributed by atoms with Crippen LogP contribution in [0.4, 0.5) is 0 Å². The van der Waals surface area contributed by atoms with E-state index < -0.39 is 0 Å². The van der Waals surface area contributed by atoms with Crippen molar-refractivity contribution in [1.82, 2.24) is 10.1 Å². The molecule has 2 N–H and O–H groups in total. The van der Waals surface area contributed by atoms with Crippen LogP contribution in [0.25, 0.3) is 0 Å². The third-order valence-corrected chi connectivity index (χ3v) is 2.77. The maximum atomic E-state index is 5.65. The molecule has 4 nitrogen and oxygen atoms in total. The number of nitrogens with zero attached hydrogens (tertiary/aromatic N) is 2. The van der Waals surface area contributed by atoms with Crippen molar-refractivity contribution in [3.63, 3.8) is 0 Å². The molecule has 1 saturated carbocycles. The van der Waals surface area contributed by atoms with Gasteiger partial charge in [0.25, 0.3) is 0 Å². The second-order valence-electron chi connectivity index (χ2n) is 4.19. The van der Waals surface area contributed by atoms with Crippen LogP contribution in [0.2, 0.25) is 0 Å². The molecule has 0 saturated heterocycles. The summed E-state index contributed by atoms with van der Waals surface area (Å²) in [6, 6.07) is 0.203. The van der Waals surface area contributed by atoms with Crippen molar-refractivity contribution in [2.24, 2.45) is 5.73 Å². The maximum Gasteiger partial charge on any atom is 0.226 e. The summed E-state index contributed by atoms with van der Waals surface area (Å²) in [5.41, 5.74) is 5.65. The van der Waals surface area contributed by atoms with Crippen molar-refractivity contribution in [3.05, 3.63) is 11.7 Å². The predicted molar refractivity (Wildman–Crippen MR) is 52.9 cm³/mol. The summed E-state index contributed by atoms with van der Waals surface area (Å²) in [5, 5.41) is 3.99. The van der Waals surface area contributed by atoms with Gasteiger partial charge < -0.3 is 10.3 Å². The van der Waals surface area contributed by atoms with Gasteiger partial charge in [0, 0.05) is 18.4 Å². The summed E-state index contributed by atoms with van der Waals surface area (Å²) in [6.07, 6.45) is 5.44. The minimum absolute atomic E-state index is 0.203. The van der Waals surface area contributed by atoms with Crippen LogP contribution in [-0.4, -0.2) is 16.2 Å². The molecule has 1 heterocycles. The first-order valence-corrected chi connectivity index (χ1v) is 5.34. The van der Waals surface area contributed by atoms with E-state index in [4.69, 9.17) is 10.3 Å². The van der Waals surface area contributed by atoms with Crippen molar-refractivity contribution >= 4 is 0 Å². The van der Waals surface area contributed by atoms with Gasteiger partial charge in [-0.2, -0.15) is 4.98 Å². The molecule has 78 valence electrons. The SMILES string of the molecule is CC(N)CCc1nc(C2CCC2)no1. The van der Waals surface area contributed by atoms with Crippen LogP contribution in [0.5, 0.6) is 0 Å². The Kier molecular flexibility index (Phi) is 2.82. The standard InChI is InChI=1S/C10H17N3O/c1-7(11)5-6-9-12-10(13-14-9)8-3-2-4-8/h7-8H,2-6,11H2,1H3. The molecule has 0 radical (unpaired) electrons. The molecule has 4 heteroatoms. The predicted octanol–water partition coefficient (Wildman–Crippen LogP) is 1.62. The summed E-state index contributed by atoms with van der Waals surface area (Å²) in [7, 11) is 0. The average Bonchev–Trinajstić information content (AvgIpc) is 2.46. The van der Waals surface area contributed by atoms with Crippen LogP contribution in [0, 0.1) is 0 Å². The molecule has 0 aliphatic heterocycles. The van der Waals surface area contributed by atoms with Crippen molar-refractivity contribution in [3.8, 4) is 0 Å². The first-order valence-electron chi connectivity index (χ1n) is 5.34. The molecule has 1 unspecified atom stereocenters. The Bertz CT molecular complexity index is 291. The van der Waals surface area contributed by atoms with Crippen LogP contribution in [0.15, 0.2) is 4.52 Å². The molecule has 14 heavy (non-hydrogen) atoms. The lowest BCUT2D eigenvalue weighted by Gasteiger charge is -2.20. The highest BCUT2D eigenvalue weighted by atomic mass is 16.5. The van der Waals surface area contributed by atoms with E-state index in [1.807, 2.05) is 6.92 Å². The van der Waals surface area contributed by atoms with Crippen molar-refractivity contribution in [2.45, 2.75) is 51.0 Å². The van der Waals surface area contributed by atoms with Gasteiger partial charge in [-0.1, -0.05) is 11.6 Å². The minimum atomic E-state index is 0.203. The highest BCUT2D eigenvalue weighted by molar-refractivity contribution is 4.99. The van der Waals surface area contributed by atoms with E-state index in [1.54, 1.807) is 0 Å². The Balaban J connectivity index is 1.89. The van der Waals surface area contributed by atoms with Crippen molar-refractivity contribution < 1.29 is 4.52 Å². The minimum Gasteiger partial charge on any atom is -0.339 e. The number of nitrogens with two attached hydrogens (primary N) is 1. The van der Waals surface area contributed by atoms with E-state index in [0.29, 0.717) is 5.92 Å². The topological polar surface area (TPSA) is 64.9 Å². The van der Waals surface area contributed by atoms with Gasteiger partial charge >= 0.3 is 0 Å². The fourth-order valence-corrected chi connectivity index (χ4v) is 1.55. The van der Waals surface area contributed by atoms with Gasteiger partial charge in [0.05, 0.1) is 0 Å². The molecular weight excluding hydrogens is 178 g/mol. The number of aryl methyl sites for hydroxylation is 1. The average molecular weight is 195 g/mol. The Hall–Kier alpha value is -0.900. The normalized spacial score (nSPS) is 19.3. The number of hydrogen-bond donors (Lipinski definition) is 1. The van der Waals surface area contributed by atoms with E-state index in [2.05, 4.69) is 10.1 Å². The van der Waals surface area contributed by atoms with Gasteiger partial charge in [0.2, 0.25) is 5.89 Å². The quantitative estimate of drug-likeness (QED) is 0.792. The molecular formula is C10H17N3O. The summed E-state index contributed by atoms with van der Waals surface area (Å²) < 4.78 is 5.16. The van der Waals surface area contributed by atoms with E-state index >= 15 is 0 Å². The molecule has 2 rings (SSSR count). The van der Waals surface area contributed by atoms with Gasteiger partial charge in [-0.15, -0.1) is 0 Å². The fraction of sp³-hybridized carbons (Fsp3) is 0.800. The Morgan fingerprint density at radius 1 is 1.57 bits per heavy atom. The summed E-state index contributed by atoms with van der Waals surface area (Å²) in [4.78, 5) is 4.37. The van der Waals surface area contributed by atoms with Gasteiger partial charge in [-0.3, -0.25) is 0 Å². The molecule has 1 atom stereocenters. The number of aromatic nitrogens is 2. The molecule has 1 aromatic rings. The highest BCUT2D eigenvalue weighted by Gasteiger charge is 2.24. The zero-order chi connectivity index (χ0) is 9.97. The molecule has 1 aromatic heterocycles. The number of hydrogen-bond acceptors (Lipinski definition) is 4. The Morgan fingerprint density at radius 3 is 2.93 bits per heavy atom. The summed E-state index contributed by atoms with van der Waals surface area (Å²) in [5.74, 6) is 2.20. The molecule has 0 amide bonds. The smallest absolute Gasteiger partial charge is 0.226 e. The van der Waals surface area contributed by atoms with Gasteiger partial charge in [-0.05, 0) is 26.2 Å². The lowest BCUT2D eigenvalue weighted by molar-refractivity contribution is 0.344. The summed E-state index contributed by atoms with van der Waals surface area (Å²) >= 11 is 0. The van der Waals surface area contributed by atoms with Crippen LogP contribution < -0.4 is 5.73 Å². The highest BCUT2D eigenvalue weighted by Crippen LogP contribution is 2.34. The number of rotatable bonds is 4. The molecule has 1 aliphatic carbocycles. The van der Waals surface area contributed by atoms with Crippen LogP contribution in [0.1, 0.15) is 50.2 Å². The van der Waals surface area contributed by atoms with Crippen LogP contribution >= 0.6 is 0 Å². The maximum absolute atomic E-state index is 5.65. The van der Waals surface area contributed by atoms with E-state index in [1.165, 1.54) is 19.3 Å². The summed E-state index contributed by atoms with van der Waals surface area (Å²) in [6.45, 7) is 1.99. The van der Waals surface area contributed by atoms with E-state index in [-0.39, 0.29) is 6.04 Å². The third kappa shape index (κ3) is 2.12. The first kappa shape index (κ1) is 9.65. The lowest BCUT2D eigenvalue weighted by atomic mass is 9.85. The van der Waals surface area contributed by atoms with Crippen LogP contribution in [-0.2, 0) is 6.42 Å². The monoisotopic (exact) mass is 195 g/mol. The third-order valence-electron chi connectivity index (χ3n) is 2.77. The lowest BCUT2D eigenvalue weighted by Crippen LogP contribution is -2.15. The van der Waals surface area contributed by atoms with E-state index in [9.17, 15) is 0 Å². The second-order valence-corrected chi connectivity index (χ2v) is 4.19. The molecule has 0 aromatic carbocycles. The molecule has 0 bridgehead atoms. The van der Waals surface area contributed by atoms with E-state index in [0.717, 1.165) is 24.6 Å². The van der Waals surface area contributed by atoms with Crippen molar-refractivity contribution in [1.29, 1.82) is 0 Å². The Morgan fingerprint density at radius 2 is 2.36 bits per heavy atom. The first-order chi connectivity index (χ1) is 6.75. The fourth-order valence-electron chi connectivity index (χ4n) is 1.55. The Labute approximate surface area is 83.9 Å². The zero-order valence-corrected chi connectivity index (χ0v) is 8.57. The van der Waals surface area contributed by atoms with Gasteiger partial charge in [0.1, 0.15) is 0 Å². The van der Waals surface area contributed by atoms with Gasteiger partial charge in [-0.25, -0.2) is 0 Å².